The fourth-order valence-corrected chi connectivity index (χ4v) is 7.49. The number of hydrogen-bond acceptors (Lipinski definition) is 3. The maximum absolute atomic E-state index is 12.2. The van der Waals surface area contributed by atoms with Gasteiger partial charge in [0.15, 0.2) is 5.60 Å². The van der Waals surface area contributed by atoms with Crippen LogP contribution in [0.4, 0.5) is 0 Å². The van der Waals surface area contributed by atoms with Crippen LogP contribution >= 0.6 is 0 Å². The van der Waals surface area contributed by atoms with Gasteiger partial charge in [0.25, 0.3) is 0 Å². The van der Waals surface area contributed by atoms with Crippen LogP contribution in [0.5, 0.6) is 0 Å². The molecule has 10 atom stereocenters. The van der Waals surface area contributed by atoms with E-state index in [0.717, 1.165) is 35.5 Å². The Labute approximate surface area is 93.5 Å². The first-order valence-corrected chi connectivity index (χ1v) is 6.57. The molecule has 0 aromatic rings. The van der Waals surface area contributed by atoms with Crippen molar-refractivity contribution in [1.82, 2.24) is 0 Å². The molecule has 7 fully saturated rings. The van der Waals surface area contributed by atoms with E-state index in [4.69, 9.17) is 9.47 Å². The summed E-state index contributed by atoms with van der Waals surface area (Å²) < 4.78 is 11.3. The maximum atomic E-state index is 12.2. The first-order chi connectivity index (χ1) is 7.80. The van der Waals surface area contributed by atoms with Crippen molar-refractivity contribution in [3.63, 3.8) is 0 Å². The van der Waals surface area contributed by atoms with Gasteiger partial charge in [0.2, 0.25) is 0 Å². The Morgan fingerprint density at radius 2 is 2.06 bits per heavy atom. The van der Waals surface area contributed by atoms with E-state index in [1.54, 1.807) is 0 Å². The van der Waals surface area contributed by atoms with Crippen molar-refractivity contribution in [2.45, 2.75) is 18.1 Å². The molecule has 0 amide bonds. The molecule has 10 unspecified atom stereocenters. The fraction of sp³-hybridized carbons (Fsp3) is 0.923. The maximum Gasteiger partial charge on any atom is 0.338 e. The van der Waals surface area contributed by atoms with Gasteiger partial charge in [-0.3, -0.25) is 0 Å². The van der Waals surface area contributed by atoms with E-state index >= 15 is 0 Å². The van der Waals surface area contributed by atoms with Crippen LogP contribution < -0.4 is 0 Å². The molecule has 3 heteroatoms. The van der Waals surface area contributed by atoms with E-state index in [2.05, 4.69) is 0 Å². The van der Waals surface area contributed by atoms with Gasteiger partial charge in [-0.05, 0) is 41.9 Å². The van der Waals surface area contributed by atoms with Crippen molar-refractivity contribution < 1.29 is 14.3 Å². The molecule has 5 aliphatic carbocycles. The molecule has 84 valence electrons. The lowest BCUT2D eigenvalue weighted by Crippen LogP contribution is -2.53. The summed E-state index contributed by atoms with van der Waals surface area (Å²) in [7, 11) is 1.52. The largest absolute Gasteiger partial charge is 0.467 e. The van der Waals surface area contributed by atoms with Crippen molar-refractivity contribution in [2.24, 2.45) is 47.3 Å². The summed E-state index contributed by atoms with van der Waals surface area (Å²) in [5, 5.41) is 0. The SMILES string of the molecule is COC(=O)C12OC3C4C5CC(C6C5C3C61)C42. The highest BCUT2D eigenvalue weighted by atomic mass is 16.6. The number of methoxy groups -OCH3 is 1. The van der Waals surface area contributed by atoms with Crippen LogP contribution in [0.15, 0.2) is 0 Å². The summed E-state index contributed by atoms with van der Waals surface area (Å²) in [5.74, 6) is 6.02. The molecule has 0 aromatic carbocycles. The molecule has 2 heterocycles. The minimum Gasteiger partial charge on any atom is -0.467 e. The standard InChI is InChI=1S/C13H14O3/c1-15-12(14)13-9-4-2-3-5-6(4)10(13)8(5)11(16-13)7(3)9/h3-11H,2H2,1H3. The molecule has 5 saturated carbocycles. The zero-order valence-electron chi connectivity index (χ0n) is 9.13. The van der Waals surface area contributed by atoms with Crippen molar-refractivity contribution in [2.75, 3.05) is 7.11 Å². The minimum atomic E-state index is -0.466. The molecular formula is C13H14O3. The van der Waals surface area contributed by atoms with E-state index < -0.39 is 5.60 Å². The zero-order chi connectivity index (χ0) is 10.4. The Kier molecular flexibility index (Phi) is 0.848. The Bertz CT molecular complexity index is 450. The first-order valence-electron chi connectivity index (χ1n) is 6.57. The number of rotatable bonds is 1. The molecule has 0 N–H and O–H groups in total. The number of ether oxygens (including phenoxy) is 2. The van der Waals surface area contributed by atoms with Crippen LogP contribution in [-0.4, -0.2) is 24.8 Å². The molecule has 2 aliphatic heterocycles. The molecule has 0 aromatic heterocycles. The van der Waals surface area contributed by atoms with Crippen LogP contribution in [0, 0.1) is 47.3 Å². The van der Waals surface area contributed by atoms with Gasteiger partial charge in [-0.15, -0.1) is 0 Å². The highest BCUT2D eigenvalue weighted by Gasteiger charge is 2.94. The van der Waals surface area contributed by atoms with Crippen molar-refractivity contribution in [3.05, 3.63) is 0 Å². The Hall–Kier alpha value is -0.570. The van der Waals surface area contributed by atoms with Crippen LogP contribution in [0.3, 0.4) is 0 Å². The van der Waals surface area contributed by atoms with Gasteiger partial charge >= 0.3 is 5.97 Å². The summed E-state index contributed by atoms with van der Waals surface area (Å²) in [6.45, 7) is 0. The lowest BCUT2D eigenvalue weighted by Gasteiger charge is -2.44. The first kappa shape index (κ1) is 7.70. The van der Waals surface area contributed by atoms with E-state index in [1.165, 1.54) is 13.5 Å². The van der Waals surface area contributed by atoms with Crippen LogP contribution in [0.25, 0.3) is 0 Å². The number of carbonyl (C=O) groups is 1. The van der Waals surface area contributed by atoms with Crippen LogP contribution in [-0.2, 0) is 14.3 Å². The number of hydrogen-bond donors (Lipinski definition) is 0. The number of esters is 1. The molecule has 0 radical (unpaired) electrons. The molecule has 16 heavy (non-hydrogen) atoms. The number of carbonyl (C=O) groups excluding carboxylic acids is 1. The minimum absolute atomic E-state index is 0.0500. The van der Waals surface area contributed by atoms with E-state index in [9.17, 15) is 4.79 Å². The molecule has 2 saturated heterocycles. The second-order valence-corrected chi connectivity index (χ2v) is 6.79. The highest BCUT2D eigenvalue weighted by Crippen LogP contribution is 2.90. The third-order valence-electron chi connectivity index (χ3n) is 7.21. The quantitative estimate of drug-likeness (QED) is 0.607. The second-order valence-electron chi connectivity index (χ2n) is 6.79. The molecular weight excluding hydrogens is 204 g/mol. The molecule has 7 rings (SSSR count). The Morgan fingerprint density at radius 3 is 2.88 bits per heavy atom. The molecule has 0 spiro atoms. The Balaban J connectivity index is 1.68. The van der Waals surface area contributed by atoms with E-state index in [-0.39, 0.29) is 5.97 Å². The van der Waals surface area contributed by atoms with Gasteiger partial charge in [-0.25, -0.2) is 4.79 Å². The summed E-state index contributed by atoms with van der Waals surface area (Å²) in [6.07, 6.45) is 1.84. The van der Waals surface area contributed by atoms with Crippen LogP contribution in [0.1, 0.15) is 6.42 Å². The lowest BCUT2D eigenvalue weighted by molar-refractivity contribution is -0.168. The normalized spacial score (nSPS) is 77.7. The van der Waals surface area contributed by atoms with Gasteiger partial charge < -0.3 is 9.47 Å². The predicted octanol–water partition coefficient (Wildman–Crippen LogP) is 0.685. The van der Waals surface area contributed by atoms with Crippen molar-refractivity contribution in [1.29, 1.82) is 0 Å². The van der Waals surface area contributed by atoms with Gasteiger partial charge in [-0.2, -0.15) is 0 Å². The van der Waals surface area contributed by atoms with Gasteiger partial charge in [0.1, 0.15) is 0 Å². The summed E-state index contributed by atoms with van der Waals surface area (Å²) in [5.41, 5.74) is -0.466. The summed E-state index contributed by atoms with van der Waals surface area (Å²) in [4.78, 5) is 12.2. The van der Waals surface area contributed by atoms with Crippen molar-refractivity contribution >= 4 is 5.97 Å². The average molecular weight is 218 g/mol. The van der Waals surface area contributed by atoms with E-state index in [1.807, 2.05) is 0 Å². The topological polar surface area (TPSA) is 35.5 Å². The van der Waals surface area contributed by atoms with Gasteiger partial charge in [0.05, 0.1) is 13.2 Å². The molecule has 3 nitrogen and oxygen atoms in total. The fourth-order valence-electron chi connectivity index (χ4n) is 7.49. The average Bonchev–Trinajstić information content (AvgIpc) is 2.86. The Morgan fingerprint density at radius 1 is 1.19 bits per heavy atom. The molecule has 7 aliphatic rings. The lowest BCUT2D eigenvalue weighted by atomic mass is 9.57. The van der Waals surface area contributed by atoms with Crippen LogP contribution in [0.2, 0.25) is 0 Å². The van der Waals surface area contributed by atoms with Gasteiger partial charge in [0, 0.05) is 11.8 Å². The van der Waals surface area contributed by atoms with E-state index in [0.29, 0.717) is 17.9 Å². The summed E-state index contributed by atoms with van der Waals surface area (Å²) >= 11 is 0. The monoisotopic (exact) mass is 218 g/mol. The van der Waals surface area contributed by atoms with Crippen molar-refractivity contribution in [3.8, 4) is 0 Å². The van der Waals surface area contributed by atoms with Gasteiger partial charge in [-0.1, -0.05) is 0 Å². The molecule has 4 bridgehead atoms. The zero-order valence-corrected chi connectivity index (χ0v) is 9.13. The predicted molar refractivity (Wildman–Crippen MR) is 52.2 cm³/mol. The summed E-state index contributed by atoms with van der Waals surface area (Å²) in [6, 6.07) is 0. The third-order valence-corrected chi connectivity index (χ3v) is 7.21. The smallest absolute Gasteiger partial charge is 0.338 e. The second kappa shape index (κ2) is 1.76. The highest BCUT2D eigenvalue weighted by molar-refractivity contribution is 5.84. The third kappa shape index (κ3) is 0.396.